The number of alkyl carbamates (subject to hydrolysis) is 1. The summed E-state index contributed by atoms with van der Waals surface area (Å²) >= 11 is 0. The predicted molar refractivity (Wildman–Crippen MR) is 79.7 cm³/mol. The molecule has 2 atom stereocenters. The fraction of sp³-hybridized carbons (Fsp3) is 0.800. The molecule has 1 aliphatic rings. The van der Waals surface area contributed by atoms with E-state index in [1.54, 1.807) is 17.2 Å². The van der Waals surface area contributed by atoms with Crippen molar-refractivity contribution >= 4 is 6.09 Å². The van der Waals surface area contributed by atoms with E-state index in [0.29, 0.717) is 5.92 Å². The van der Waals surface area contributed by atoms with E-state index in [1.807, 2.05) is 20.8 Å². The third-order valence-corrected chi connectivity index (χ3v) is 4.30. The molecule has 0 saturated heterocycles. The van der Waals surface area contributed by atoms with Crippen molar-refractivity contribution in [1.29, 1.82) is 0 Å². The first kappa shape index (κ1) is 15.8. The summed E-state index contributed by atoms with van der Waals surface area (Å²) in [6, 6.07) is 0.118. The van der Waals surface area contributed by atoms with Gasteiger partial charge >= 0.3 is 6.09 Å². The topological polar surface area (TPSA) is 69.0 Å². The van der Waals surface area contributed by atoms with E-state index < -0.39 is 5.60 Å². The summed E-state index contributed by atoms with van der Waals surface area (Å²) in [6.07, 6.45) is 5.06. The van der Waals surface area contributed by atoms with Crippen molar-refractivity contribution in [2.24, 2.45) is 11.3 Å². The second-order valence-corrected chi connectivity index (χ2v) is 7.38. The number of nitrogens with one attached hydrogen (secondary N) is 1. The maximum absolute atomic E-state index is 12.0. The Bertz CT molecular complexity index is 476. The van der Waals surface area contributed by atoms with Gasteiger partial charge < -0.3 is 10.1 Å². The van der Waals surface area contributed by atoms with Crippen LogP contribution in [0.2, 0.25) is 0 Å². The summed E-state index contributed by atoms with van der Waals surface area (Å²) in [6.45, 7) is 10.8. The van der Waals surface area contributed by atoms with E-state index >= 15 is 0 Å². The van der Waals surface area contributed by atoms with Crippen LogP contribution in [0.1, 0.15) is 47.5 Å². The molecule has 0 unspecified atom stereocenters. The van der Waals surface area contributed by atoms with Gasteiger partial charge in [-0.15, -0.1) is 0 Å². The van der Waals surface area contributed by atoms with Crippen molar-refractivity contribution in [3.63, 3.8) is 0 Å². The molecule has 0 bridgehead atoms. The molecule has 21 heavy (non-hydrogen) atoms. The molecule has 1 aromatic rings. The minimum absolute atomic E-state index is 0.00939. The maximum Gasteiger partial charge on any atom is 0.407 e. The number of nitrogens with zero attached hydrogens (tertiary/aromatic N) is 3. The Morgan fingerprint density at radius 3 is 2.52 bits per heavy atom. The smallest absolute Gasteiger partial charge is 0.407 e. The van der Waals surface area contributed by atoms with Crippen molar-refractivity contribution in [1.82, 2.24) is 20.3 Å². The Balaban J connectivity index is 1.95. The first-order chi connectivity index (χ1) is 9.68. The third kappa shape index (κ3) is 3.95. The van der Waals surface area contributed by atoms with Crippen molar-refractivity contribution in [2.75, 3.05) is 0 Å². The van der Waals surface area contributed by atoms with Crippen LogP contribution in [0.15, 0.2) is 12.4 Å². The molecule has 118 valence electrons. The van der Waals surface area contributed by atoms with Gasteiger partial charge in [0.05, 0.1) is 18.9 Å². The van der Waals surface area contributed by atoms with Crippen LogP contribution in [0.3, 0.4) is 0 Å². The fourth-order valence-corrected chi connectivity index (χ4v) is 2.97. The number of carbonyl (C=O) groups is 1. The molecule has 1 fully saturated rings. The summed E-state index contributed by atoms with van der Waals surface area (Å²) in [5.41, 5.74) is -0.476. The minimum Gasteiger partial charge on any atom is -0.444 e. The van der Waals surface area contributed by atoms with Crippen LogP contribution < -0.4 is 5.32 Å². The molecule has 1 saturated carbocycles. The molecular weight excluding hydrogens is 268 g/mol. The van der Waals surface area contributed by atoms with Crippen LogP contribution in [-0.2, 0) is 11.3 Å². The molecule has 1 N–H and O–H groups in total. The van der Waals surface area contributed by atoms with Crippen LogP contribution in [0, 0.1) is 11.3 Å². The van der Waals surface area contributed by atoms with Crippen LogP contribution in [0.4, 0.5) is 4.79 Å². The van der Waals surface area contributed by atoms with Crippen LogP contribution >= 0.6 is 0 Å². The molecule has 0 aliphatic heterocycles. The highest BCUT2D eigenvalue weighted by Gasteiger charge is 2.44. The number of rotatable bonds is 3. The van der Waals surface area contributed by atoms with Crippen LogP contribution in [0.5, 0.6) is 0 Å². The summed E-state index contributed by atoms with van der Waals surface area (Å²) in [5.74, 6) is 0.435. The van der Waals surface area contributed by atoms with Crippen molar-refractivity contribution in [2.45, 2.75) is 65.6 Å². The lowest BCUT2D eigenvalue weighted by Crippen LogP contribution is -2.46. The predicted octanol–water partition coefficient (Wildman–Crippen LogP) is 2.61. The monoisotopic (exact) mass is 294 g/mol. The molecule has 0 radical (unpaired) electrons. The summed E-state index contributed by atoms with van der Waals surface area (Å²) in [4.78, 5) is 13.7. The van der Waals surface area contributed by atoms with Crippen molar-refractivity contribution in [3.8, 4) is 0 Å². The molecule has 6 nitrogen and oxygen atoms in total. The van der Waals surface area contributed by atoms with Gasteiger partial charge in [-0.25, -0.2) is 4.79 Å². The number of hydrogen-bond acceptors (Lipinski definition) is 4. The van der Waals surface area contributed by atoms with Gasteiger partial charge in [0.25, 0.3) is 0 Å². The molecule has 1 amide bonds. The lowest BCUT2D eigenvalue weighted by Gasteiger charge is -2.33. The molecule has 0 spiro atoms. The van der Waals surface area contributed by atoms with Gasteiger partial charge in [0.1, 0.15) is 5.60 Å². The average Bonchev–Trinajstić information content (AvgIpc) is 2.90. The zero-order valence-electron chi connectivity index (χ0n) is 13.6. The standard InChI is InChI=1S/C15H26N4O2/c1-14(2,3)21-13(20)18-12-7-6-11(15(12,4)5)10-19-16-8-9-17-19/h8-9,11-12H,6-7,10H2,1-5H3,(H,18,20)/t11-,12-/m1/s1. The quantitative estimate of drug-likeness (QED) is 0.930. The molecule has 1 aromatic heterocycles. The highest BCUT2D eigenvalue weighted by molar-refractivity contribution is 5.68. The first-order valence-electron chi connectivity index (χ1n) is 7.52. The maximum atomic E-state index is 12.0. The lowest BCUT2D eigenvalue weighted by molar-refractivity contribution is 0.0454. The van der Waals surface area contributed by atoms with Crippen molar-refractivity contribution in [3.05, 3.63) is 12.4 Å². The van der Waals surface area contributed by atoms with Crippen molar-refractivity contribution < 1.29 is 9.53 Å². The zero-order chi connectivity index (χ0) is 15.7. The zero-order valence-corrected chi connectivity index (χ0v) is 13.6. The van der Waals surface area contributed by atoms with E-state index in [9.17, 15) is 4.79 Å². The van der Waals surface area contributed by atoms with Gasteiger partial charge in [-0.2, -0.15) is 15.0 Å². The molecular formula is C15H26N4O2. The Kier molecular flexibility index (Phi) is 4.25. The van der Waals surface area contributed by atoms with Gasteiger partial charge in [-0.05, 0) is 44.9 Å². The van der Waals surface area contributed by atoms with Crippen LogP contribution in [-0.4, -0.2) is 32.7 Å². The van der Waals surface area contributed by atoms with Gasteiger partial charge in [0.15, 0.2) is 0 Å². The second-order valence-electron chi connectivity index (χ2n) is 7.38. The van der Waals surface area contributed by atoms with Gasteiger partial charge in [0, 0.05) is 6.04 Å². The molecule has 2 rings (SSSR count). The summed E-state index contributed by atoms with van der Waals surface area (Å²) < 4.78 is 5.35. The highest BCUT2D eigenvalue weighted by Crippen LogP contribution is 2.43. The lowest BCUT2D eigenvalue weighted by atomic mass is 9.79. The molecule has 0 aromatic carbocycles. The normalized spacial score (nSPS) is 24.8. The van der Waals surface area contributed by atoms with E-state index in [2.05, 4.69) is 29.4 Å². The van der Waals surface area contributed by atoms with Gasteiger partial charge in [-0.3, -0.25) is 0 Å². The number of ether oxygens (including phenoxy) is 1. The number of aromatic nitrogens is 3. The third-order valence-electron chi connectivity index (χ3n) is 4.30. The summed E-state index contributed by atoms with van der Waals surface area (Å²) in [7, 11) is 0. The van der Waals surface area contributed by atoms with E-state index in [-0.39, 0.29) is 17.6 Å². The Morgan fingerprint density at radius 1 is 1.33 bits per heavy atom. The highest BCUT2D eigenvalue weighted by atomic mass is 16.6. The first-order valence-corrected chi connectivity index (χ1v) is 7.52. The number of hydrogen-bond donors (Lipinski definition) is 1. The average molecular weight is 294 g/mol. The van der Waals surface area contributed by atoms with E-state index in [1.165, 1.54) is 0 Å². The second kappa shape index (κ2) is 5.66. The molecule has 6 heteroatoms. The molecule has 1 aliphatic carbocycles. The Morgan fingerprint density at radius 2 is 1.95 bits per heavy atom. The SMILES string of the molecule is CC(C)(C)OC(=O)N[C@@H]1CC[C@H](Cn2nccn2)C1(C)C. The number of amides is 1. The summed E-state index contributed by atoms with van der Waals surface area (Å²) in [5, 5.41) is 11.4. The Labute approximate surface area is 126 Å². The minimum atomic E-state index is -0.467. The van der Waals surface area contributed by atoms with Gasteiger partial charge in [-0.1, -0.05) is 13.8 Å². The fourth-order valence-electron chi connectivity index (χ4n) is 2.97. The van der Waals surface area contributed by atoms with E-state index in [0.717, 1.165) is 19.4 Å². The largest absolute Gasteiger partial charge is 0.444 e. The number of carbonyl (C=O) groups excluding carboxylic acids is 1. The molecule has 1 heterocycles. The van der Waals surface area contributed by atoms with E-state index in [4.69, 9.17) is 4.74 Å². The Hall–Kier alpha value is -1.59. The van der Waals surface area contributed by atoms with Gasteiger partial charge in [0.2, 0.25) is 0 Å². The van der Waals surface area contributed by atoms with Crippen LogP contribution in [0.25, 0.3) is 0 Å².